The zero-order valence-electron chi connectivity index (χ0n) is 11.4. The van der Waals surface area contributed by atoms with Crippen LogP contribution in [0.2, 0.25) is 0 Å². The van der Waals surface area contributed by atoms with Crippen LogP contribution in [0.1, 0.15) is 5.56 Å². The second-order valence-corrected chi connectivity index (χ2v) is 5.36. The molecule has 0 atom stereocenters. The molecule has 0 aliphatic heterocycles. The molecule has 106 valence electrons. The summed E-state index contributed by atoms with van der Waals surface area (Å²) in [4.78, 5) is 12.9. The monoisotopic (exact) mass is 344 g/mol. The van der Waals surface area contributed by atoms with Gasteiger partial charge in [0.1, 0.15) is 5.52 Å². The lowest BCUT2D eigenvalue weighted by Gasteiger charge is -2.09. The van der Waals surface area contributed by atoms with Crippen molar-refractivity contribution in [1.29, 1.82) is 0 Å². The molecule has 3 heterocycles. The SMILES string of the molecule is COc1ccc(CNc2ccnc3cc(Br)cnc23)cn1. The summed E-state index contributed by atoms with van der Waals surface area (Å²) in [7, 11) is 1.60. The fraction of sp³-hybridized carbons (Fsp3) is 0.133. The first kappa shape index (κ1) is 13.8. The van der Waals surface area contributed by atoms with Gasteiger partial charge >= 0.3 is 0 Å². The standard InChI is InChI=1S/C15H13BrN4O/c1-21-14-3-2-10(8-19-14)7-18-12-4-5-17-13-6-11(16)9-20-15(12)13/h2-6,8-9H,7H2,1H3,(H,17,18). The maximum Gasteiger partial charge on any atom is 0.212 e. The number of ether oxygens (including phenoxy) is 1. The van der Waals surface area contributed by atoms with E-state index < -0.39 is 0 Å². The molecule has 3 aromatic rings. The largest absolute Gasteiger partial charge is 0.481 e. The second-order valence-electron chi connectivity index (χ2n) is 4.44. The first-order valence-corrected chi connectivity index (χ1v) is 7.18. The molecule has 21 heavy (non-hydrogen) atoms. The molecule has 6 heteroatoms. The van der Waals surface area contributed by atoms with Crippen molar-refractivity contribution in [2.45, 2.75) is 6.54 Å². The number of halogens is 1. The summed E-state index contributed by atoms with van der Waals surface area (Å²) in [6.07, 6.45) is 5.33. The number of anilines is 1. The maximum absolute atomic E-state index is 5.05. The average Bonchev–Trinajstić information content (AvgIpc) is 2.53. The summed E-state index contributed by atoms with van der Waals surface area (Å²) in [6.45, 7) is 0.661. The van der Waals surface area contributed by atoms with Gasteiger partial charge in [-0.3, -0.25) is 9.97 Å². The van der Waals surface area contributed by atoms with Gasteiger partial charge in [-0.2, -0.15) is 0 Å². The Bertz CT molecular complexity index is 761. The zero-order valence-corrected chi connectivity index (χ0v) is 13.0. The van der Waals surface area contributed by atoms with E-state index in [4.69, 9.17) is 4.74 Å². The van der Waals surface area contributed by atoms with Gasteiger partial charge in [0.25, 0.3) is 0 Å². The number of pyridine rings is 3. The molecule has 3 aromatic heterocycles. The van der Waals surface area contributed by atoms with Crippen molar-refractivity contribution in [2.24, 2.45) is 0 Å². The molecule has 0 radical (unpaired) electrons. The van der Waals surface area contributed by atoms with Crippen LogP contribution in [0.25, 0.3) is 11.0 Å². The van der Waals surface area contributed by atoms with Crippen LogP contribution < -0.4 is 10.1 Å². The predicted molar refractivity (Wildman–Crippen MR) is 85.4 cm³/mol. The molecule has 0 saturated heterocycles. The van der Waals surface area contributed by atoms with Crippen molar-refractivity contribution < 1.29 is 4.74 Å². The molecule has 3 rings (SSSR count). The molecule has 5 nitrogen and oxygen atoms in total. The van der Waals surface area contributed by atoms with Gasteiger partial charge in [-0.25, -0.2) is 4.98 Å². The number of nitrogens with zero attached hydrogens (tertiary/aromatic N) is 3. The van der Waals surface area contributed by atoms with Crippen LogP contribution in [0.5, 0.6) is 5.88 Å². The lowest BCUT2D eigenvalue weighted by atomic mass is 10.2. The van der Waals surface area contributed by atoms with Crippen LogP contribution in [0.3, 0.4) is 0 Å². The average molecular weight is 345 g/mol. The lowest BCUT2D eigenvalue weighted by molar-refractivity contribution is 0.397. The third kappa shape index (κ3) is 3.11. The molecular weight excluding hydrogens is 332 g/mol. The van der Waals surface area contributed by atoms with Crippen LogP contribution in [0.4, 0.5) is 5.69 Å². The van der Waals surface area contributed by atoms with E-state index in [9.17, 15) is 0 Å². The van der Waals surface area contributed by atoms with Gasteiger partial charge < -0.3 is 10.1 Å². The molecule has 1 N–H and O–H groups in total. The lowest BCUT2D eigenvalue weighted by Crippen LogP contribution is -2.02. The van der Waals surface area contributed by atoms with Gasteiger partial charge in [0, 0.05) is 35.7 Å². The number of methoxy groups -OCH3 is 1. The Hall–Kier alpha value is -2.21. The molecule has 0 aliphatic carbocycles. The normalized spacial score (nSPS) is 10.6. The number of hydrogen-bond donors (Lipinski definition) is 1. The van der Waals surface area contributed by atoms with E-state index in [1.807, 2.05) is 24.3 Å². The molecule has 0 amide bonds. The van der Waals surface area contributed by atoms with Crippen molar-refractivity contribution in [1.82, 2.24) is 15.0 Å². The minimum Gasteiger partial charge on any atom is -0.481 e. The topological polar surface area (TPSA) is 59.9 Å². The highest BCUT2D eigenvalue weighted by Crippen LogP contribution is 2.22. The van der Waals surface area contributed by atoms with Gasteiger partial charge in [0.05, 0.1) is 18.3 Å². The quantitative estimate of drug-likeness (QED) is 0.785. The fourth-order valence-electron chi connectivity index (χ4n) is 1.98. The third-order valence-corrected chi connectivity index (χ3v) is 3.47. The molecule has 0 saturated carbocycles. The minimum atomic E-state index is 0.611. The van der Waals surface area contributed by atoms with E-state index in [-0.39, 0.29) is 0 Å². The van der Waals surface area contributed by atoms with Crippen molar-refractivity contribution >= 4 is 32.7 Å². The van der Waals surface area contributed by atoms with Crippen molar-refractivity contribution in [3.05, 3.63) is 52.9 Å². The molecular formula is C15H13BrN4O. The predicted octanol–water partition coefficient (Wildman–Crippen LogP) is 3.41. The van der Waals surface area contributed by atoms with E-state index in [0.29, 0.717) is 12.4 Å². The van der Waals surface area contributed by atoms with Crippen LogP contribution in [-0.2, 0) is 6.54 Å². The van der Waals surface area contributed by atoms with E-state index in [1.54, 1.807) is 25.7 Å². The van der Waals surface area contributed by atoms with Crippen LogP contribution in [0, 0.1) is 0 Å². The van der Waals surface area contributed by atoms with Gasteiger partial charge in [-0.1, -0.05) is 6.07 Å². The van der Waals surface area contributed by atoms with Crippen LogP contribution in [0.15, 0.2) is 47.3 Å². The van der Waals surface area contributed by atoms with E-state index in [0.717, 1.165) is 26.8 Å². The van der Waals surface area contributed by atoms with E-state index in [2.05, 4.69) is 36.2 Å². The molecule has 0 spiro atoms. The zero-order chi connectivity index (χ0) is 14.7. The van der Waals surface area contributed by atoms with E-state index >= 15 is 0 Å². The molecule has 0 fully saturated rings. The van der Waals surface area contributed by atoms with E-state index in [1.165, 1.54) is 0 Å². The Balaban J connectivity index is 1.81. The molecule has 0 aliphatic rings. The summed E-state index contributed by atoms with van der Waals surface area (Å²) in [5.41, 5.74) is 3.71. The Morgan fingerprint density at radius 3 is 2.81 bits per heavy atom. The fourth-order valence-corrected chi connectivity index (χ4v) is 2.30. The molecule has 0 bridgehead atoms. The third-order valence-electron chi connectivity index (χ3n) is 3.03. The Kier molecular flexibility index (Phi) is 3.96. The maximum atomic E-state index is 5.05. The molecule has 0 aromatic carbocycles. The Labute approximate surface area is 130 Å². The Morgan fingerprint density at radius 2 is 2.05 bits per heavy atom. The highest BCUT2D eigenvalue weighted by molar-refractivity contribution is 9.10. The number of nitrogens with one attached hydrogen (secondary N) is 1. The number of hydrogen-bond acceptors (Lipinski definition) is 5. The highest BCUT2D eigenvalue weighted by Gasteiger charge is 2.04. The number of rotatable bonds is 4. The Morgan fingerprint density at radius 1 is 1.14 bits per heavy atom. The second kappa shape index (κ2) is 6.05. The van der Waals surface area contributed by atoms with Gasteiger partial charge in [-0.15, -0.1) is 0 Å². The van der Waals surface area contributed by atoms with Crippen molar-refractivity contribution in [2.75, 3.05) is 12.4 Å². The van der Waals surface area contributed by atoms with Crippen molar-refractivity contribution in [3.8, 4) is 5.88 Å². The smallest absolute Gasteiger partial charge is 0.212 e. The summed E-state index contributed by atoms with van der Waals surface area (Å²) >= 11 is 3.40. The van der Waals surface area contributed by atoms with Crippen LogP contribution >= 0.6 is 15.9 Å². The van der Waals surface area contributed by atoms with Gasteiger partial charge in [0.15, 0.2) is 0 Å². The highest BCUT2D eigenvalue weighted by atomic mass is 79.9. The number of aromatic nitrogens is 3. The first-order chi connectivity index (χ1) is 10.3. The van der Waals surface area contributed by atoms with Crippen molar-refractivity contribution in [3.63, 3.8) is 0 Å². The minimum absolute atomic E-state index is 0.611. The summed E-state index contributed by atoms with van der Waals surface area (Å²) in [5, 5.41) is 3.36. The van der Waals surface area contributed by atoms with Crippen LogP contribution in [-0.4, -0.2) is 22.1 Å². The first-order valence-electron chi connectivity index (χ1n) is 6.39. The summed E-state index contributed by atoms with van der Waals surface area (Å²) in [5.74, 6) is 0.611. The summed E-state index contributed by atoms with van der Waals surface area (Å²) < 4.78 is 5.96. The van der Waals surface area contributed by atoms with Gasteiger partial charge in [-0.05, 0) is 33.6 Å². The summed E-state index contributed by atoms with van der Waals surface area (Å²) in [6, 6.07) is 7.69. The van der Waals surface area contributed by atoms with Gasteiger partial charge in [0.2, 0.25) is 5.88 Å². The molecule has 0 unspecified atom stereocenters. The number of fused-ring (bicyclic) bond motifs is 1.